The third kappa shape index (κ3) is 4.68. The molecule has 0 atom stereocenters. The van der Waals surface area contributed by atoms with Gasteiger partial charge in [0.2, 0.25) is 5.91 Å². The van der Waals surface area contributed by atoms with Crippen LogP contribution in [0.1, 0.15) is 24.2 Å². The van der Waals surface area contributed by atoms with Gasteiger partial charge in [-0.1, -0.05) is 30.0 Å². The van der Waals surface area contributed by atoms with Crippen LogP contribution in [0.15, 0.2) is 59.1 Å². The first-order chi connectivity index (χ1) is 15.6. The van der Waals surface area contributed by atoms with Gasteiger partial charge in [-0.25, -0.2) is 4.79 Å². The number of amides is 1. The molecule has 0 aliphatic carbocycles. The Morgan fingerprint density at radius 3 is 2.62 bits per heavy atom. The molecule has 32 heavy (non-hydrogen) atoms. The van der Waals surface area contributed by atoms with E-state index in [1.807, 2.05) is 23.6 Å². The van der Waals surface area contributed by atoms with Gasteiger partial charge in [-0.15, -0.1) is 21.5 Å². The van der Waals surface area contributed by atoms with Crippen LogP contribution in [0.4, 0.5) is 5.69 Å². The van der Waals surface area contributed by atoms with Gasteiger partial charge in [0.05, 0.1) is 17.9 Å². The summed E-state index contributed by atoms with van der Waals surface area (Å²) in [5, 5.41) is 15.5. The highest BCUT2D eigenvalue weighted by molar-refractivity contribution is 7.99. The highest BCUT2D eigenvalue weighted by atomic mass is 32.2. The van der Waals surface area contributed by atoms with E-state index in [4.69, 9.17) is 4.74 Å². The molecule has 7 nitrogen and oxygen atoms in total. The summed E-state index contributed by atoms with van der Waals surface area (Å²) >= 11 is 3.02. The van der Waals surface area contributed by atoms with Gasteiger partial charge in [0, 0.05) is 33.3 Å². The first kappa shape index (κ1) is 22.0. The fourth-order valence-corrected chi connectivity index (χ4v) is 5.00. The van der Waals surface area contributed by atoms with Gasteiger partial charge >= 0.3 is 5.97 Å². The molecule has 164 valence electrons. The Balaban J connectivity index is 1.42. The van der Waals surface area contributed by atoms with Gasteiger partial charge in [-0.05, 0) is 44.2 Å². The van der Waals surface area contributed by atoms with Crippen molar-refractivity contribution in [1.82, 2.24) is 14.8 Å². The molecule has 0 unspecified atom stereocenters. The minimum Gasteiger partial charge on any atom is -0.462 e. The van der Waals surface area contributed by atoms with Crippen molar-refractivity contribution in [3.63, 3.8) is 0 Å². The average Bonchev–Trinajstić information content (AvgIpc) is 3.41. The molecule has 1 N–H and O–H groups in total. The number of benzene rings is 2. The zero-order valence-corrected chi connectivity index (χ0v) is 19.3. The van der Waals surface area contributed by atoms with Crippen molar-refractivity contribution in [2.45, 2.75) is 25.5 Å². The molecule has 0 saturated heterocycles. The van der Waals surface area contributed by atoms with E-state index in [0.29, 0.717) is 29.6 Å². The Kier molecular flexibility index (Phi) is 6.87. The Labute approximate surface area is 193 Å². The van der Waals surface area contributed by atoms with E-state index in [2.05, 4.69) is 33.0 Å². The minimum absolute atomic E-state index is 0.160. The number of hydrogen-bond donors (Lipinski definition) is 1. The number of ether oxygens (including phenoxy) is 1. The largest absolute Gasteiger partial charge is 0.462 e. The average molecular weight is 467 g/mol. The fraction of sp³-hybridized carbons (Fsp3) is 0.217. The summed E-state index contributed by atoms with van der Waals surface area (Å²) in [6.07, 6.45) is 0. The maximum atomic E-state index is 12.4. The molecular formula is C23H22N4O3S2. The van der Waals surface area contributed by atoms with Crippen LogP contribution in [0.25, 0.3) is 21.5 Å². The Hall–Kier alpha value is -3.17. The number of nitrogens with zero attached hydrogens (tertiary/aromatic N) is 3. The van der Waals surface area contributed by atoms with Gasteiger partial charge < -0.3 is 14.6 Å². The van der Waals surface area contributed by atoms with Crippen molar-refractivity contribution in [3.8, 4) is 11.4 Å². The second kappa shape index (κ2) is 9.97. The van der Waals surface area contributed by atoms with Gasteiger partial charge in [0.1, 0.15) is 0 Å². The SMILES string of the molecule is CCOC(=O)c1ccc(NC(=O)CSc2nnc(-c3csc4ccccc34)n2CC)cc1. The second-order valence-corrected chi connectivity index (χ2v) is 8.68. The number of fused-ring (bicyclic) bond motifs is 1. The van der Waals surface area contributed by atoms with Crippen molar-refractivity contribution >= 4 is 50.7 Å². The van der Waals surface area contributed by atoms with Gasteiger partial charge in [0.25, 0.3) is 0 Å². The van der Waals surface area contributed by atoms with Crippen molar-refractivity contribution in [3.05, 3.63) is 59.5 Å². The summed E-state index contributed by atoms with van der Waals surface area (Å²) in [7, 11) is 0. The normalized spacial score (nSPS) is 10.9. The summed E-state index contributed by atoms with van der Waals surface area (Å²) in [5.41, 5.74) is 2.12. The van der Waals surface area contributed by atoms with E-state index in [1.54, 1.807) is 42.5 Å². The molecule has 0 saturated carbocycles. The number of thiophene rings is 1. The summed E-state index contributed by atoms with van der Waals surface area (Å²) in [6.45, 7) is 4.82. The highest BCUT2D eigenvalue weighted by Crippen LogP contribution is 2.34. The summed E-state index contributed by atoms with van der Waals surface area (Å²) in [5.74, 6) is 0.464. The van der Waals surface area contributed by atoms with Crippen LogP contribution < -0.4 is 5.32 Å². The number of carbonyl (C=O) groups is 2. The molecule has 1 amide bonds. The Morgan fingerprint density at radius 2 is 1.88 bits per heavy atom. The lowest BCUT2D eigenvalue weighted by Gasteiger charge is -2.08. The van der Waals surface area contributed by atoms with E-state index in [0.717, 1.165) is 16.8 Å². The zero-order valence-electron chi connectivity index (χ0n) is 17.7. The third-order valence-electron chi connectivity index (χ3n) is 4.77. The van der Waals surface area contributed by atoms with Crippen LogP contribution in [-0.2, 0) is 16.1 Å². The molecule has 2 aromatic carbocycles. The van der Waals surface area contributed by atoms with E-state index in [-0.39, 0.29) is 17.6 Å². The zero-order chi connectivity index (χ0) is 22.5. The lowest BCUT2D eigenvalue weighted by Crippen LogP contribution is -2.15. The number of hydrogen-bond acceptors (Lipinski definition) is 7. The molecule has 0 fully saturated rings. The molecule has 2 heterocycles. The molecule has 4 rings (SSSR count). The standard InChI is InChI=1S/C23H22N4O3S2/c1-3-27-21(18-13-31-19-8-6-5-7-17(18)19)25-26-23(27)32-14-20(28)24-16-11-9-15(10-12-16)22(29)30-4-2/h5-13H,3-4,14H2,1-2H3,(H,24,28). The predicted octanol–water partition coefficient (Wildman–Crippen LogP) is 5.09. The molecule has 0 spiro atoms. The monoisotopic (exact) mass is 466 g/mol. The first-order valence-corrected chi connectivity index (χ1v) is 12.1. The van der Waals surface area contributed by atoms with Gasteiger partial charge in [0.15, 0.2) is 11.0 Å². The van der Waals surface area contributed by atoms with Gasteiger partial charge in [-0.3, -0.25) is 4.79 Å². The van der Waals surface area contributed by atoms with Crippen LogP contribution >= 0.6 is 23.1 Å². The van der Waals surface area contributed by atoms with Gasteiger partial charge in [-0.2, -0.15) is 0 Å². The number of aromatic nitrogens is 3. The minimum atomic E-state index is -0.381. The van der Waals surface area contributed by atoms with Crippen LogP contribution in [-0.4, -0.2) is 39.0 Å². The maximum Gasteiger partial charge on any atom is 0.338 e. The molecule has 2 aromatic heterocycles. The summed E-state index contributed by atoms with van der Waals surface area (Å²) < 4.78 is 8.20. The van der Waals surface area contributed by atoms with E-state index >= 15 is 0 Å². The van der Waals surface area contributed by atoms with E-state index < -0.39 is 0 Å². The number of thioether (sulfide) groups is 1. The summed E-state index contributed by atoms with van der Waals surface area (Å²) in [6, 6.07) is 14.9. The molecule has 4 aromatic rings. The van der Waals surface area contributed by atoms with Crippen molar-refractivity contribution in [1.29, 1.82) is 0 Å². The first-order valence-electron chi connectivity index (χ1n) is 10.2. The smallest absolute Gasteiger partial charge is 0.338 e. The predicted molar refractivity (Wildman–Crippen MR) is 128 cm³/mol. The van der Waals surface area contributed by atoms with E-state index in [9.17, 15) is 9.59 Å². The Morgan fingerprint density at radius 1 is 1.09 bits per heavy atom. The van der Waals surface area contributed by atoms with Crippen LogP contribution in [0.5, 0.6) is 0 Å². The lowest BCUT2D eigenvalue weighted by atomic mass is 10.1. The van der Waals surface area contributed by atoms with Crippen LogP contribution in [0.2, 0.25) is 0 Å². The van der Waals surface area contributed by atoms with Crippen molar-refractivity contribution in [2.24, 2.45) is 0 Å². The topological polar surface area (TPSA) is 86.1 Å². The quantitative estimate of drug-likeness (QED) is 0.288. The van der Waals surface area contributed by atoms with E-state index in [1.165, 1.54) is 16.5 Å². The number of rotatable bonds is 8. The number of anilines is 1. The maximum absolute atomic E-state index is 12.4. The molecule has 0 radical (unpaired) electrons. The number of carbonyl (C=O) groups excluding carboxylic acids is 2. The second-order valence-electron chi connectivity index (χ2n) is 6.83. The van der Waals surface area contributed by atoms with Crippen molar-refractivity contribution < 1.29 is 14.3 Å². The highest BCUT2D eigenvalue weighted by Gasteiger charge is 2.17. The molecule has 9 heteroatoms. The molecule has 0 bridgehead atoms. The Bertz CT molecular complexity index is 1250. The van der Waals surface area contributed by atoms with Crippen LogP contribution in [0, 0.1) is 0 Å². The fourth-order valence-electron chi connectivity index (χ4n) is 3.26. The molecule has 0 aliphatic heterocycles. The van der Waals surface area contributed by atoms with Crippen LogP contribution in [0.3, 0.4) is 0 Å². The lowest BCUT2D eigenvalue weighted by molar-refractivity contribution is -0.113. The molecule has 0 aliphatic rings. The number of esters is 1. The molecular weight excluding hydrogens is 444 g/mol. The third-order valence-corrected chi connectivity index (χ3v) is 6.70. The van der Waals surface area contributed by atoms with Crippen molar-refractivity contribution in [2.75, 3.05) is 17.7 Å². The summed E-state index contributed by atoms with van der Waals surface area (Å²) in [4.78, 5) is 24.2. The number of nitrogens with one attached hydrogen (secondary N) is 1.